The van der Waals surface area contributed by atoms with E-state index in [-0.39, 0.29) is 6.03 Å². The van der Waals surface area contributed by atoms with E-state index in [9.17, 15) is 4.79 Å². The molecule has 3 rings (SSSR count). The zero-order valence-electron chi connectivity index (χ0n) is 15.9. The van der Waals surface area contributed by atoms with Crippen LogP contribution in [0.25, 0.3) is 0 Å². The normalized spacial score (nSPS) is 23.6. The molecule has 2 fully saturated rings. The van der Waals surface area contributed by atoms with E-state index < -0.39 is 0 Å². The molecule has 0 saturated carbocycles. The lowest BCUT2D eigenvalue weighted by molar-refractivity contribution is 0.235. The molecule has 0 aromatic heterocycles. The van der Waals surface area contributed by atoms with Crippen LogP contribution in [-0.4, -0.2) is 56.2 Å². The average molecular weight is 379 g/mol. The summed E-state index contributed by atoms with van der Waals surface area (Å²) in [6, 6.07) is 8.55. The van der Waals surface area contributed by atoms with Crippen molar-refractivity contribution < 1.29 is 4.79 Å². The lowest BCUT2D eigenvalue weighted by Crippen LogP contribution is -2.41. The Bertz CT molecular complexity index is 592. The van der Waals surface area contributed by atoms with E-state index in [1.165, 1.54) is 12.1 Å². The molecule has 6 heteroatoms. The standard InChI is InChI=1S/C20H31ClN4O/c1-15(2)24-9-7-16(13-24)11-22-20(26)23-12-17-8-10-25(14-17)19-5-3-18(21)4-6-19/h3-6,15-17H,7-14H2,1-2H3,(H2,22,23,26)/t16-,17-/m1/s1. The molecule has 2 aliphatic rings. The van der Waals surface area contributed by atoms with Crippen LogP contribution in [0.4, 0.5) is 10.5 Å². The third-order valence-electron chi connectivity index (χ3n) is 5.63. The van der Waals surface area contributed by atoms with Gasteiger partial charge in [0.05, 0.1) is 0 Å². The van der Waals surface area contributed by atoms with Crippen LogP contribution < -0.4 is 15.5 Å². The van der Waals surface area contributed by atoms with Gasteiger partial charge in [-0.15, -0.1) is 0 Å². The molecule has 5 nitrogen and oxygen atoms in total. The van der Waals surface area contributed by atoms with Gasteiger partial charge < -0.3 is 20.4 Å². The molecular weight excluding hydrogens is 348 g/mol. The number of benzene rings is 1. The molecule has 0 spiro atoms. The quantitative estimate of drug-likeness (QED) is 0.799. The molecule has 2 amide bonds. The Balaban J connectivity index is 1.33. The summed E-state index contributed by atoms with van der Waals surface area (Å²) in [4.78, 5) is 16.9. The fourth-order valence-electron chi connectivity index (χ4n) is 3.92. The molecular formula is C20H31ClN4O. The highest BCUT2D eigenvalue weighted by atomic mass is 35.5. The van der Waals surface area contributed by atoms with Gasteiger partial charge in [0.15, 0.2) is 0 Å². The molecule has 144 valence electrons. The second-order valence-electron chi connectivity index (χ2n) is 7.91. The smallest absolute Gasteiger partial charge is 0.314 e. The number of rotatable bonds is 6. The van der Waals surface area contributed by atoms with Gasteiger partial charge in [-0.05, 0) is 69.3 Å². The minimum atomic E-state index is -0.0297. The fourth-order valence-corrected chi connectivity index (χ4v) is 4.05. The third kappa shape index (κ3) is 5.27. The number of urea groups is 1. The minimum absolute atomic E-state index is 0.0297. The molecule has 2 atom stereocenters. The minimum Gasteiger partial charge on any atom is -0.371 e. The summed E-state index contributed by atoms with van der Waals surface area (Å²) in [5.74, 6) is 1.08. The molecule has 2 aliphatic heterocycles. The van der Waals surface area contributed by atoms with Crippen LogP contribution in [0.15, 0.2) is 24.3 Å². The Kier molecular flexibility index (Phi) is 6.65. The Morgan fingerprint density at radius 3 is 2.31 bits per heavy atom. The van der Waals surface area contributed by atoms with Crippen molar-refractivity contribution >= 4 is 23.3 Å². The zero-order valence-corrected chi connectivity index (χ0v) is 16.6. The van der Waals surface area contributed by atoms with Crippen LogP contribution in [0.3, 0.4) is 0 Å². The van der Waals surface area contributed by atoms with Gasteiger partial charge in [-0.1, -0.05) is 11.6 Å². The number of anilines is 1. The molecule has 0 aliphatic carbocycles. The number of nitrogens with one attached hydrogen (secondary N) is 2. The Hall–Kier alpha value is -1.46. The first-order chi connectivity index (χ1) is 12.5. The molecule has 2 heterocycles. The third-order valence-corrected chi connectivity index (χ3v) is 5.88. The largest absolute Gasteiger partial charge is 0.371 e. The summed E-state index contributed by atoms with van der Waals surface area (Å²) in [5, 5.41) is 6.87. The SMILES string of the molecule is CC(C)N1CC[C@H](CNC(=O)NC[C@H]2CCN(c3ccc(Cl)cc3)C2)C1. The van der Waals surface area contributed by atoms with E-state index in [1.54, 1.807) is 0 Å². The van der Waals surface area contributed by atoms with E-state index in [0.717, 1.165) is 50.7 Å². The number of hydrogen-bond acceptors (Lipinski definition) is 3. The zero-order chi connectivity index (χ0) is 18.5. The van der Waals surface area contributed by atoms with Crippen LogP contribution in [0, 0.1) is 11.8 Å². The maximum Gasteiger partial charge on any atom is 0.314 e. The van der Waals surface area contributed by atoms with Crippen molar-refractivity contribution in [3.63, 3.8) is 0 Å². The molecule has 2 saturated heterocycles. The van der Waals surface area contributed by atoms with Crippen LogP contribution in [0.2, 0.25) is 5.02 Å². The van der Waals surface area contributed by atoms with E-state index in [1.807, 2.05) is 12.1 Å². The number of amides is 2. The summed E-state index contributed by atoms with van der Waals surface area (Å²) < 4.78 is 0. The second-order valence-corrected chi connectivity index (χ2v) is 8.35. The number of hydrogen-bond donors (Lipinski definition) is 2. The summed E-state index contributed by atoms with van der Waals surface area (Å²) in [7, 11) is 0. The predicted octanol–water partition coefficient (Wildman–Crippen LogP) is 3.20. The first kappa shape index (κ1) is 19.3. The monoisotopic (exact) mass is 378 g/mol. The molecule has 2 N–H and O–H groups in total. The maximum atomic E-state index is 12.1. The van der Waals surface area contributed by atoms with Crippen molar-refractivity contribution in [1.82, 2.24) is 15.5 Å². The number of carbonyl (C=O) groups excluding carboxylic acids is 1. The Labute approximate surface area is 162 Å². The second kappa shape index (κ2) is 8.96. The van der Waals surface area contributed by atoms with Crippen molar-refractivity contribution in [3.8, 4) is 0 Å². The summed E-state index contributed by atoms with van der Waals surface area (Å²) in [6.07, 6.45) is 2.28. The number of halogens is 1. The molecule has 0 unspecified atom stereocenters. The lowest BCUT2D eigenvalue weighted by atomic mass is 10.1. The highest BCUT2D eigenvalue weighted by Crippen LogP contribution is 2.24. The molecule has 1 aromatic carbocycles. The number of carbonyl (C=O) groups is 1. The van der Waals surface area contributed by atoms with Gasteiger partial charge in [0.25, 0.3) is 0 Å². The van der Waals surface area contributed by atoms with Gasteiger partial charge in [0, 0.05) is 49.5 Å². The highest BCUT2D eigenvalue weighted by molar-refractivity contribution is 6.30. The molecule has 0 radical (unpaired) electrons. The number of nitrogens with zero attached hydrogens (tertiary/aromatic N) is 2. The molecule has 0 bridgehead atoms. The molecule has 1 aromatic rings. The molecule has 26 heavy (non-hydrogen) atoms. The van der Waals surface area contributed by atoms with Crippen LogP contribution >= 0.6 is 11.6 Å². The summed E-state index contributed by atoms with van der Waals surface area (Å²) in [5.41, 5.74) is 1.21. The fraction of sp³-hybridized carbons (Fsp3) is 0.650. The lowest BCUT2D eigenvalue weighted by Gasteiger charge is -2.20. The van der Waals surface area contributed by atoms with Crippen LogP contribution in [0.1, 0.15) is 26.7 Å². The van der Waals surface area contributed by atoms with E-state index in [0.29, 0.717) is 17.9 Å². The van der Waals surface area contributed by atoms with Gasteiger partial charge in [0.1, 0.15) is 0 Å². The first-order valence-electron chi connectivity index (χ1n) is 9.77. The average Bonchev–Trinajstić information content (AvgIpc) is 3.28. The van der Waals surface area contributed by atoms with E-state index >= 15 is 0 Å². The first-order valence-corrected chi connectivity index (χ1v) is 10.2. The number of likely N-dealkylation sites (tertiary alicyclic amines) is 1. The van der Waals surface area contributed by atoms with Gasteiger partial charge in [0.2, 0.25) is 0 Å². The van der Waals surface area contributed by atoms with Crippen LogP contribution in [-0.2, 0) is 0 Å². The van der Waals surface area contributed by atoms with Crippen molar-refractivity contribution in [1.29, 1.82) is 0 Å². The van der Waals surface area contributed by atoms with E-state index in [4.69, 9.17) is 11.6 Å². The highest BCUT2D eigenvalue weighted by Gasteiger charge is 2.25. The summed E-state index contributed by atoms with van der Waals surface area (Å²) >= 11 is 5.96. The van der Waals surface area contributed by atoms with Gasteiger partial charge >= 0.3 is 6.03 Å². The van der Waals surface area contributed by atoms with Gasteiger partial charge in [-0.3, -0.25) is 0 Å². The predicted molar refractivity (Wildman–Crippen MR) is 108 cm³/mol. The van der Waals surface area contributed by atoms with Gasteiger partial charge in [-0.2, -0.15) is 0 Å². The van der Waals surface area contributed by atoms with Crippen molar-refractivity contribution in [3.05, 3.63) is 29.3 Å². The topological polar surface area (TPSA) is 47.6 Å². The summed E-state index contributed by atoms with van der Waals surface area (Å²) in [6.45, 7) is 10.2. The Morgan fingerprint density at radius 2 is 1.69 bits per heavy atom. The van der Waals surface area contributed by atoms with E-state index in [2.05, 4.69) is 46.4 Å². The van der Waals surface area contributed by atoms with Crippen molar-refractivity contribution in [2.75, 3.05) is 44.2 Å². The van der Waals surface area contributed by atoms with Gasteiger partial charge in [-0.25, -0.2) is 4.79 Å². The Morgan fingerprint density at radius 1 is 1.08 bits per heavy atom. The van der Waals surface area contributed by atoms with Crippen molar-refractivity contribution in [2.45, 2.75) is 32.7 Å². The maximum absolute atomic E-state index is 12.1. The van der Waals surface area contributed by atoms with Crippen LogP contribution in [0.5, 0.6) is 0 Å². The van der Waals surface area contributed by atoms with Crippen molar-refractivity contribution in [2.24, 2.45) is 11.8 Å².